The Morgan fingerprint density at radius 2 is 1.90 bits per heavy atom. The topological polar surface area (TPSA) is 24.9 Å². The highest BCUT2D eigenvalue weighted by atomic mass is 35.5. The van der Waals surface area contributed by atoms with Crippen molar-refractivity contribution in [3.8, 4) is 0 Å². The van der Waals surface area contributed by atoms with Crippen molar-refractivity contribution in [3.05, 3.63) is 70.9 Å². The van der Waals surface area contributed by atoms with Crippen LogP contribution in [0.1, 0.15) is 11.3 Å². The minimum Gasteiger partial charge on any atom is -0.379 e. The van der Waals surface area contributed by atoms with Gasteiger partial charge in [0.1, 0.15) is 0 Å². The number of rotatable bonds is 3. The lowest BCUT2D eigenvalue weighted by molar-refractivity contribution is 1.07. The Labute approximate surface area is 123 Å². The van der Waals surface area contributed by atoms with Crippen LogP contribution in [0.3, 0.4) is 0 Å². The Balaban J connectivity index is 1.77. The SMILES string of the molecule is Cc1ccc(NCc2ccc3ccccc3n2)cc1Cl. The fraction of sp³-hybridized carbons (Fsp3) is 0.118. The smallest absolute Gasteiger partial charge is 0.0706 e. The molecular formula is C17H15ClN2. The van der Waals surface area contributed by atoms with Crippen molar-refractivity contribution >= 4 is 28.2 Å². The van der Waals surface area contributed by atoms with Crippen LogP contribution in [0.2, 0.25) is 5.02 Å². The zero-order valence-electron chi connectivity index (χ0n) is 11.2. The molecule has 0 atom stereocenters. The Kier molecular flexibility index (Phi) is 3.57. The lowest BCUT2D eigenvalue weighted by Gasteiger charge is -2.08. The van der Waals surface area contributed by atoms with Crippen LogP contribution in [0.4, 0.5) is 5.69 Å². The standard InChI is InChI=1S/C17H15ClN2/c1-12-6-8-14(10-16(12)18)19-11-15-9-7-13-4-2-3-5-17(13)20-15/h2-10,19H,11H2,1H3. The first-order valence-corrected chi connectivity index (χ1v) is 6.95. The van der Waals surface area contributed by atoms with E-state index in [4.69, 9.17) is 11.6 Å². The second-order valence-electron chi connectivity index (χ2n) is 4.81. The van der Waals surface area contributed by atoms with Gasteiger partial charge in [0.25, 0.3) is 0 Å². The molecule has 0 spiro atoms. The van der Waals surface area contributed by atoms with Gasteiger partial charge >= 0.3 is 0 Å². The normalized spacial score (nSPS) is 10.7. The van der Waals surface area contributed by atoms with Crippen LogP contribution in [0, 0.1) is 6.92 Å². The number of fused-ring (bicyclic) bond motifs is 1. The summed E-state index contributed by atoms with van der Waals surface area (Å²) in [6.45, 7) is 2.68. The molecule has 1 aromatic heterocycles. The van der Waals surface area contributed by atoms with Crippen molar-refractivity contribution in [3.63, 3.8) is 0 Å². The Morgan fingerprint density at radius 3 is 2.75 bits per heavy atom. The molecule has 2 nitrogen and oxygen atoms in total. The first-order chi connectivity index (χ1) is 9.72. The highest BCUT2D eigenvalue weighted by Crippen LogP contribution is 2.20. The van der Waals surface area contributed by atoms with E-state index in [2.05, 4.69) is 22.4 Å². The minimum atomic E-state index is 0.685. The van der Waals surface area contributed by atoms with Crippen molar-refractivity contribution in [2.45, 2.75) is 13.5 Å². The van der Waals surface area contributed by atoms with Gasteiger partial charge in [0.2, 0.25) is 0 Å². The van der Waals surface area contributed by atoms with Gasteiger partial charge in [0.15, 0.2) is 0 Å². The van der Waals surface area contributed by atoms with E-state index >= 15 is 0 Å². The summed E-state index contributed by atoms with van der Waals surface area (Å²) in [7, 11) is 0. The largest absolute Gasteiger partial charge is 0.379 e. The van der Waals surface area contributed by atoms with Crippen LogP contribution in [0.25, 0.3) is 10.9 Å². The quantitative estimate of drug-likeness (QED) is 0.746. The molecule has 1 heterocycles. The summed E-state index contributed by atoms with van der Waals surface area (Å²) in [4.78, 5) is 4.63. The molecule has 0 aliphatic carbocycles. The number of hydrogen-bond donors (Lipinski definition) is 1. The molecule has 3 heteroatoms. The fourth-order valence-corrected chi connectivity index (χ4v) is 2.28. The molecule has 100 valence electrons. The fourth-order valence-electron chi connectivity index (χ4n) is 2.10. The number of aromatic nitrogens is 1. The second-order valence-corrected chi connectivity index (χ2v) is 5.22. The van der Waals surface area contributed by atoms with Gasteiger partial charge in [-0.25, -0.2) is 0 Å². The van der Waals surface area contributed by atoms with Gasteiger partial charge in [0.05, 0.1) is 17.8 Å². The third kappa shape index (κ3) is 2.75. The molecule has 0 bridgehead atoms. The molecule has 3 aromatic rings. The summed E-state index contributed by atoms with van der Waals surface area (Å²) in [6.07, 6.45) is 0. The van der Waals surface area contributed by atoms with Gasteiger partial charge in [0, 0.05) is 16.1 Å². The Bertz CT molecular complexity index is 753. The van der Waals surface area contributed by atoms with Crippen LogP contribution in [0.15, 0.2) is 54.6 Å². The summed E-state index contributed by atoms with van der Waals surface area (Å²) >= 11 is 6.12. The van der Waals surface area contributed by atoms with E-state index in [1.54, 1.807) is 0 Å². The maximum Gasteiger partial charge on any atom is 0.0706 e. The third-order valence-electron chi connectivity index (χ3n) is 3.30. The molecule has 0 unspecified atom stereocenters. The highest BCUT2D eigenvalue weighted by molar-refractivity contribution is 6.31. The molecule has 0 fully saturated rings. The van der Waals surface area contributed by atoms with E-state index in [9.17, 15) is 0 Å². The zero-order chi connectivity index (χ0) is 13.9. The average Bonchev–Trinajstić information content (AvgIpc) is 2.48. The van der Waals surface area contributed by atoms with E-state index in [-0.39, 0.29) is 0 Å². The van der Waals surface area contributed by atoms with Gasteiger partial charge in [-0.15, -0.1) is 0 Å². The van der Waals surface area contributed by atoms with Crippen molar-refractivity contribution in [2.75, 3.05) is 5.32 Å². The number of pyridine rings is 1. The first-order valence-electron chi connectivity index (χ1n) is 6.57. The summed E-state index contributed by atoms with van der Waals surface area (Å²) < 4.78 is 0. The maximum atomic E-state index is 6.12. The summed E-state index contributed by atoms with van der Waals surface area (Å²) in [5.74, 6) is 0. The van der Waals surface area contributed by atoms with Crippen molar-refractivity contribution in [1.82, 2.24) is 4.98 Å². The van der Waals surface area contributed by atoms with Gasteiger partial charge in [-0.2, -0.15) is 0 Å². The number of nitrogens with one attached hydrogen (secondary N) is 1. The number of benzene rings is 2. The van der Waals surface area contributed by atoms with E-state index in [1.807, 2.05) is 49.4 Å². The van der Waals surface area contributed by atoms with E-state index < -0.39 is 0 Å². The van der Waals surface area contributed by atoms with Gasteiger partial charge in [-0.3, -0.25) is 4.98 Å². The number of nitrogens with zero attached hydrogens (tertiary/aromatic N) is 1. The van der Waals surface area contributed by atoms with Crippen molar-refractivity contribution in [1.29, 1.82) is 0 Å². The number of aryl methyl sites for hydroxylation is 1. The molecule has 20 heavy (non-hydrogen) atoms. The Hall–Kier alpha value is -2.06. The number of para-hydroxylation sites is 1. The van der Waals surface area contributed by atoms with Crippen LogP contribution in [0.5, 0.6) is 0 Å². The minimum absolute atomic E-state index is 0.685. The molecule has 0 aliphatic heterocycles. The van der Waals surface area contributed by atoms with Crippen LogP contribution in [-0.2, 0) is 6.54 Å². The molecule has 0 radical (unpaired) electrons. The molecular weight excluding hydrogens is 268 g/mol. The van der Waals surface area contributed by atoms with Crippen LogP contribution < -0.4 is 5.32 Å². The number of anilines is 1. The van der Waals surface area contributed by atoms with Crippen LogP contribution in [-0.4, -0.2) is 4.98 Å². The van der Waals surface area contributed by atoms with E-state index in [1.165, 1.54) is 0 Å². The van der Waals surface area contributed by atoms with Crippen molar-refractivity contribution < 1.29 is 0 Å². The van der Waals surface area contributed by atoms with E-state index in [0.29, 0.717) is 6.54 Å². The van der Waals surface area contributed by atoms with Gasteiger partial charge in [-0.05, 0) is 36.8 Å². The molecule has 0 aliphatic rings. The number of hydrogen-bond acceptors (Lipinski definition) is 2. The summed E-state index contributed by atoms with van der Waals surface area (Å²) in [5, 5.41) is 5.29. The third-order valence-corrected chi connectivity index (χ3v) is 3.71. The lowest BCUT2D eigenvalue weighted by atomic mass is 10.2. The molecule has 3 rings (SSSR count). The second kappa shape index (κ2) is 5.51. The molecule has 0 amide bonds. The lowest BCUT2D eigenvalue weighted by Crippen LogP contribution is -2.01. The Morgan fingerprint density at radius 1 is 1.05 bits per heavy atom. The maximum absolute atomic E-state index is 6.12. The van der Waals surface area contributed by atoms with Gasteiger partial charge in [-0.1, -0.05) is 41.9 Å². The first kappa shape index (κ1) is 12.9. The molecule has 0 saturated heterocycles. The van der Waals surface area contributed by atoms with Crippen molar-refractivity contribution in [2.24, 2.45) is 0 Å². The molecule has 1 N–H and O–H groups in total. The van der Waals surface area contributed by atoms with Gasteiger partial charge < -0.3 is 5.32 Å². The summed E-state index contributed by atoms with van der Waals surface area (Å²) in [5.41, 5.74) is 4.13. The average molecular weight is 283 g/mol. The highest BCUT2D eigenvalue weighted by Gasteiger charge is 2.00. The predicted molar refractivity (Wildman–Crippen MR) is 85.3 cm³/mol. The monoisotopic (exact) mass is 282 g/mol. The number of halogens is 1. The predicted octanol–water partition coefficient (Wildman–Crippen LogP) is 4.81. The van der Waals surface area contributed by atoms with E-state index in [0.717, 1.165) is 32.9 Å². The zero-order valence-corrected chi connectivity index (χ0v) is 12.0. The summed E-state index contributed by atoms with van der Waals surface area (Å²) in [6, 6.07) is 18.3. The van der Waals surface area contributed by atoms with Crippen LogP contribution >= 0.6 is 11.6 Å². The molecule has 2 aromatic carbocycles. The molecule has 0 saturated carbocycles.